The lowest BCUT2D eigenvalue weighted by atomic mass is 10.0. The van der Waals surface area contributed by atoms with Crippen LogP contribution >= 0.6 is 0 Å². The van der Waals surface area contributed by atoms with Crippen molar-refractivity contribution >= 4 is 29.7 Å². The van der Waals surface area contributed by atoms with Gasteiger partial charge in [-0.25, -0.2) is 14.4 Å². The van der Waals surface area contributed by atoms with E-state index in [1.54, 1.807) is 0 Å². The highest BCUT2D eigenvalue weighted by Crippen LogP contribution is 2.31. The van der Waals surface area contributed by atoms with E-state index in [1.165, 1.54) is 18.2 Å². The van der Waals surface area contributed by atoms with Crippen molar-refractivity contribution in [1.29, 1.82) is 0 Å². The van der Waals surface area contributed by atoms with Gasteiger partial charge in [0.25, 0.3) is 11.8 Å². The lowest BCUT2D eigenvalue weighted by Crippen LogP contribution is -2.22. The number of aliphatic carboxylic acids is 1. The number of hydrogen-bond acceptors (Lipinski definition) is 6. The quantitative estimate of drug-likeness (QED) is 0.533. The molecule has 28 heavy (non-hydrogen) atoms. The highest BCUT2D eigenvalue weighted by Gasteiger charge is 2.33. The maximum Gasteiger partial charge on any atom is 0.349 e. The first-order valence-electron chi connectivity index (χ1n) is 7.69. The number of benzene rings is 2. The molecule has 0 aliphatic carbocycles. The molecule has 1 aliphatic rings. The summed E-state index contributed by atoms with van der Waals surface area (Å²) in [6, 6.07) is 6.97. The molecule has 2 aromatic carbocycles. The summed E-state index contributed by atoms with van der Waals surface area (Å²) >= 11 is 0. The number of carbonyl (C=O) groups is 5. The number of carboxylic acid groups (broad SMARTS) is 3. The molecule has 10 heteroatoms. The standard InChI is InChI=1S/C18H11NO9/c20-14-9-2-1-3-11(12(9)15(21)19-14)28-13(18(26)27)7-4-5-8(16(22)23)10(6-7)17(24)25/h1-6,13H,(H,22,23)(H,24,25)(H,26,27)(H,19,20,21)/t13-/m1/s1. The van der Waals surface area contributed by atoms with Gasteiger partial charge in [-0.2, -0.15) is 0 Å². The van der Waals surface area contributed by atoms with Crippen LogP contribution in [0.1, 0.15) is 53.1 Å². The fraction of sp³-hybridized carbons (Fsp3) is 0.0556. The minimum Gasteiger partial charge on any atom is -0.478 e. The Morgan fingerprint density at radius 2 is 1.57 bits per heavy atom. The topological polar surface area (TPSA) is 167 Å². The molecule has 1 atom stereocenters. The average Bonchev–Trinajstić information content (AvgIpc) is 2.93. The van der Waals surface area contributed by atoms with Crippen LogP contribution < -0.4 is 10.1 Å². The van der Waals surface area contributed by atoms with E-state index in [4.69, 9.17) is 9.84 Å². The van der Waals surface area contributed by atoms with Crippen LogP contribution in [0.3, 0.4) is 0 Å². The van der Waals surface area contributed by atoms with Crippen LogP contribution in [0.25, 0.3) is 0 Å². The van der Waals surface area contributed by atoms with Crippen LogP contribution in [0, 0.1) is 0 Å². The van der Waals surface area contributed by atoms with Crippen molar-refractivity contribution in [2.45, 2.75) is 6.10 Å². The molecule has 0 aromatic heterocycles. The minimum atomic E-state index is -1.75. The van der Waals surface area contributed by atoms with Crippen LogP contribution in [-0.4, -0.2) is 45.0 Å². The van der Waals surface area contributed by atoms with E-state index in [2.05, 4.69) is 5.32 Å². The molecule has 1 heterocycles. The summed E-state index contributed by atoms with van der Waals surface area (Å²) in [6.07, 6.45) is -1.75. The van der Waals surface area contributed by atoms with E-state index in [-0.39, 0.29) is 22.4 Å². The summed E-state index contributed by atoms with van der Waals surface area (Å²) in [6.45, 7) is 0. The van der Waals surface area contributed by atoms with Gasteiger partial charge in [0.2, 0.25) is 6.10 Å². The number of carboxylic acids is 3. The summed E-state index contributed by atoms with van der Waals surface area (Å²) in [5.74, 6) is -6.17. The van der Waals surface area contributed by atoms with E-state index in [0.29, 0.717) is 0 Å². The van der Waals surface area contributed by atoms with Crippen molar-refractivity contribution in [1.82, 2.24) is 5.32 Å². The van der Waals surface area contributed by atoms with E-state index in [1.807, 2.05) is 0 Å². The third-order valence-corrected chi connectivity index (χ3v) is 4.00. The number of ether oxygens (including phenoxy) is 1. The Hall–Kier alpha value is -4.21. The monoisotopic (exact) mass is 385 g/mol. The highest BCUT2D eigenvalue weighted by atomic mass is 16.5. The number of fused-ring (bicyclic) bond motifs is 1. The zero-order chi connectivity index (χ0) is 20.6. The molecule has 3 rings (SSSR count). The van der Waals surface area contributed by atoms with Crippen LogP contribution in [0.15, 0.2) is 36.4 Å². The Bertz CT molecular complexity index is 1060. The summed E-state index contributed by atoms with van der Waals surface area (Å²) in [5.41, 5.74) is -1.42. The Balaban J connectivity index is 2.06. The van der Waals surface area contributed by atoms with Gasteiger partial charge in [-0.3, -0.25) is 14.9 Å². The molecule has 0 spiro atoms. The SMILES string of the molecule is O=C(O)c1ccc([C@@H](Oc2cccc3c2C(=O)NC3=O)C(=O)O)cc1C(=O)O. The Morgan fingerprint density at radius 3 is 2.18 bits per heavy atom. The molecule has 0 saturated heterocycles. The second-order valence-electron chi connectivity index (χ2n) is 5.71. The molecule has 2 aromatic rings. The third kappa shape index (κ3) is 3.14. The van der Waals surface area contributed by atoms with E-state index >= 15 is 0 Å². The summed E-state index contributed by atoms with van der Waals surface area (Å²) in [4.78, 5) is 57.8. The first-order valence-corrected chi connectivity index (χ1v) is 7.69. The molecule has 10 nitrogen and oxygen atoms in total. The largest absolute Gasteiger partial charge is 0.478 e. The smallest absolute Gasteiger partial charge is 0.349 e. The summed E-state index contributed by atoms with van der Waals surface area (Å²) < 4.78 is 5.41. The average molecular weight is 385 g/mol. The molecule has 0 unspecified atom stereocenters. The second-order valence-corrected chi connectivity index (χ2v) is 5.71. The number of imide groups is 1. The normalized spacial score (nSPS) is 13.4. The number of carbonyl (C=O) groups excluding carboxylic acids is 2. The van der Waals surface area contributed by atoms with E-state index in [0.717, 1.165) is 18.2 Å². The zero-order valence-electron chi connectivity index (χ0n) is 13.8. The summed E-state index contributed by atoms with van der Waals surface area (Å²) in [7, 11) is 0. The van der Waals surface area contributed by atoms with Crippen LogP contribution in [0.2, 0.25) is 0 Å². The Morgan fingerprint density at radius 1 is 0.893 bits per heavy atom. The fourth-order valence-corrected chi connectivity index (χ4v) is 2.76. The highest BCUT2D eigenvalue weighted by molar-refractivity contribution is 6.22. The number of amides is 2. The lowest BCUT2D eigenvalue weighted by molar-refractivity contribution is -0.145. The number of nitrogens with one attached hydrogen (secondary N) is 1. The zero-order valence-corrected chi connectivity index (χ0v) is 13.8. The third-order valence-electron chi connectivity index (χ3n) is 4.00. The van der Waals surface area contributed by atoms with Gasteiger partial charge in [0.15, 0.2) is 0 Å². The van der Waals surface area contributed by atoms with Crippen molar-refractivity contribution in [2.75, 3.05) is 0 Å². The molecule has 1 aliphatic heterocycles. The fourth-order valence-electron chi connectivity index (χ4n) is 2.76. The molecule has 0 radical (unpaired) electrons. The predicted octanol–water partition coefficient (Wildman–Crippen LogP) is 1.17. The van der Waals surface area contributed by atoms with Crippen molar-refractivity contribution in [3.63, 3.8) is 0 Å². The van der Waals surface area contributed by atoms with Crippen molar-refractivity contribution in [2.24, 2.45) is 0 Å². The lowest BCUT2D eigenvalue weighted by Gasteiger charge is -2.18. The van der Waals surface area contributed by atoms with Gasteiger partial charge in [-0.05, 0) is 24.3 Å². The first kappa shape index (κ1) is 18.6. The Kier molecular flexibility index (Phi) is 4.53. The number of aromatic carboxylic acids is 2. The van der Waals surface area contributed by atoms with Crippen molar-refractivity contribution < 1.29 is 44.0 Å². The van der Waals surface area contributed by atoms with Crippen molar-refractivity contribution in [3.8, 4) is 5.75 Å². The van der Waals surface area contributed by atoms with Crippen molar-refractivity contribution in [3.05, 3.63) is 64.2 Å². The number of rotatable bonds is 6. The molecule has 2 amide bonds. The number of hydrogen-bond donors (Lipinski definition) is 4. The molecule has 0 bridgehead atoms. The molecular formula is C18H11NO9. The van der Waals surface area contributed by atoms with Crippen LogP contribution in [0.4, 0.5) is 0 Å². The van der Waals surface area contributed by atoms with Gasteiger partial charge in [-0.1, -0.05) is 12.1 Å². The van der Waals surface area contributed by atoms with Gasteiger partial charge in [0, 0.05) is 5.56 Å². The van der Waals surface area contributed by atoms with E-state index < -0.39 is 47.0 Å². The molecule has 0 saturated carbocycles. The molecule has 0 fully saturated rings. The van der Waals surface area contributed by atoms with Gasteiger partial charge >= 0.3 is 17.9 Å². The van der Waals surface area contributed by atoms with Crippen LogP contribution in [-0.2, 0) is 4.79 Å². The summed E-state index contributed by atoms with van der Waals surface area (Å²) in [5, 5.41) is 29.8. The predicted molar refractivity (Wildman–Crippen MR) is 89.6 cm³/mol. The van der Waals surface area contributed by atoms with Gasteiger partial charge in [0.1, 0.15) is 5.75 Å². The van der Waals surface area contributed by atoms with Crippen LogP contribution in [0.5, 0.6) is 5.75 Å². The molecule has 4 N–H and O–H groups in total. The van der Waals surface area contributed by atoms with Gasteiger partial charge in [0.05, 0.1) is 22.3 Å². The molecule has 142 valence electrons. The molecular weight excluding hydrogens is 374 g/mol. The van der Waals surface area contributed by atoms with Gasteiger partial charge in [-0.15, -0.1) is 0 Å². The Labute approximate surface area is 156 Å². The maximum absolute atomic E-state index is 11.9. The van der Waals surface area contributed by atoms with Gasteiger partial charge < -0.3 is 20.1 Å². The second kappa shape index (κ2) is 6.83. The minimum absolute atomic E-state index is 0.0130. The maximum atomic E-state index is 11.9. The van der Waals surface area contributed by atoms with E-state index in [9.17, 15) is 34.2 Å². The first-order chi connectivity index (χ1) is 13.2.